The van der Waals surface area contributed by atoms with Gasteiger partial charge < -0.3 is 19.5 Å². The molecule has 2 atom stereocenters. The van der Waals surface area contributed by atoms with Crippen LogP contribution in [0.25, 0.3) is 0 Å². The van der Waals surface area contributed by atoms with Gasteiger partial charge >= 0.3 is 0 Å². The molecule has 144 valence electrons. The zero-order valence-electron chi connectivity index (χ0n) is 15.9. The Morgan fingerprint density at radius 3 is 2.56 bits per heavy atom. The molecule has 1 N–H and O–H groups in total. The van der Waals surface area contributed by atoms with E-state index in [1.165, 1.54) is 24.3 Å². The molecule has 5 nitrogen and oxygen atoms in total. The van der Waals surface area contributed by atoms with Gasteiger partial charge in [-0.1, -0.05) is 0 Å². The maximum absolute atomic E-state index is 13.0. The number of carbonyl (C=O) groups is 1. The van der Waals surface area contributed by atoms with Crippen LogP contribution in [-0.2, 0) is 4.79 Å². The summed E-state index contributed by atoms with van der Waals surface area (Å²) in [4.78, 5) is 12.7. The van der Waals surface area contributed by atoms with E-state index >= 15 is 0 Å². The Hall–Kier alpha value is -2.76. The number of hydrogen-bond acceptors (Lipinski definition) is 4. The SMILES string of the molecule is COc1ccc2c(c1)[C@@H](NC(=O)[C@@H](C)Oc1ccc(F)cc1)CC(C)(C)O2. The standard InChI is InChI=1S/C21H24FNO4/c1-13(26-15-7-5-14(22)6-8-15)20(24)23-18-12-21(2,3)27-19-10-9-16(25-4)11-17(18)19/h5-11,13,18H,12H2,1-4H3,(H,23,24)/t13-,18+/m1/s1. The van der Waals surface area contributed by atoms with Crippen molar-refractivity contribution in [1.82, 2.24) is 5.32 Å². The Balaban J connectivity index is 1.75. The van der Waals surface area contributed by atoms with Crippen molar-refractivity contribution in [3.63, 3.8) is 0 Å². The number of fused-ring (bicyclic) bond motifs is 1. The zero-order chi connectivity index (χ0) is 19.6. The second-order valence-corrected chi connectivity index (χ2v) is 7.24. The van der Waals surface area contributed by atoms with Crippen LogP contribution in [0.4, 0.5) is 4.39 Å². The maximum Gasteiger partial charge on any atom is 0.261 e. The molecule has 2 aromatic rings. The summed E-state index contributed by atoms with van der Waals surface area (Å²) in [6.45, 7) is 5.63. The molecule has 3 rings (SSSR count). The van der Waals surface area contributed by atoms with E-state index in [0.29, 0.717) is 17.9 Å². The third-order valence-electron chi connectivity index (χ3n) is 4.49. The van der Waals surface area contributed by atoms with Crippen LogP contribution in [-0.4, -0.2) is 24.7 Å². The van der Waals surface area contributed by atoms with Gasteiger partial charge in [-0.3, -0.25) is 4.79 Å². The summed E-state index contributed by atoms with van der Waals surface area (Å²) in [5, 5.41) is 3.04. The third kappa shape index (κ3) is 4.51. The molecule has 0 radical (unpaired) electrons. The van der Waals surface area contributed by atoms with Crippen LogP contribution in [0.5, 0.6) is 17.2 Å². The van der Waals surface area contributed by atoms with Crippen LogP contribution < -0.4 is 19.5 Å². The summed E-state index contributed by atoms with van der Waals surface area (Å²) in [6, 6.07) is 10.9. The number of methoxy groups -OCH3 is 1. The summed E-state index contributed by atoms with van der Waals surface area (Å²) in [5.41, 5.74) is 0.455. The molecule has 1 aliphatic heterocycles. The smallest absolute Gasteiger partial charge is 0.261 e. The van der Waals surface area contributed by atoms with E-state index in [1.54, 1.807) is 14.0 Å². The van der Waals surface area contributed by atoms with Crippen molar-refractivity contribution >= 4 is 5.91 Å². The van der Waals surface area contributed by atoms with Crippen LogP contribution in [0.3, 0.4) is 0 Å². The minimum atomic E-state index is -0.726. The van der Waals surface area contributed by atoms with E-state index in [1.807, 2.05) is 32.0 Å². The molecule has 2 aromatic carbocycles. The molecule has 6 heteroatoms. The second kappa shape index (κ2) is 7.47. The van der Waals surface area contributed by atoms with Crippen molar-refractivity contribution in [2.45, 2.75) is 44.9 Å². The summed E-state index contributed by atoms with van der Waals surface area (Å²) in [6.07, 6.45) is -0.113. The van der Waals surface area contributed by atoms with Gasteiger partial charge in [0.15, 0.2) is 6.10 Å². The van der Waals surface area contributed by atoms with Crippen molar-refractivity contribution in [3.05, 3.63) is 53.8 Å². The Morgan fingerprint density at radius 1 is 1.22 bits per heavy atom. The maximum atomic E-state index is 13.0. The van der Waals surface area contributed by atoms with Gasteiger partial charge in [0.25, 0.3) is 5.91 Å². The number of hydrogen-bond donors (Lipinski definition) is 1. The monoisotopic (exact) mass is 373 g/mol. The van der Waals surface area contributed by atoms with Crippen LogP contribution >= 0.6 is 0 Å². The summed E-state index contributed by atoms with van der Waals surface area (Å²) in [5.74, 6) is 1.26. The summed E-state index contributed by atoms with van der Waals surface area (Å²) in [7, 11) is 1.60. The largest absolute Gasteiger partial charge is 0.497 e. The second-order valence-electron chi connectivity index (χ2n) is 7.24. The molecule has 1 amide bonds. The van der Waals surface area contributed by atoms with Crippen molar-refractivity contribution in [1.29, 1.82) is 0 Å². The fourth-order valence-electron chi connectivity index (χ4n) is 3.15. The molecule has 1 aliphatic rings. The van der Waals surface area contributed by atoms with Gasteiger partial charge in [-0.25, -0.2) is 4.39 Å². The quantitative estimate of drug-likeness (QED) is 0.860. The molecule has 0 fully saturated rings. The predicted molar refractivity (Wildman–Crippen MR) is 99.7 cm³/mol. The number of ether oxygens (including phenoxy) is 3. The lowest BCUT2D eigenvalue weighted by Gasteiger charge is -2.38. The Kier molecular flexibility index (Phi) is 5.26. The van der Waals surface area contributed by atoms with Crippen LogP contribution in [0.2, 0.25) is 0 Å². The van der Waals surface area contributed by atoms with E-state index in [9.17, 15) is 9.18 Å². The van der Waals surface area contributed by atoms with Gasteiger partial charge in [-0.2, -0.15) is 0 Å². The Labute approximate surface area is 158 Å². The van der Waals surface area contributed by atoms with Crippen molar-refractivity contribution in [3.8, 4) is 17.2 Å². The van der Waals surface area contributed by atoms with E-state index in [0.717, 1.165) is 11.3 Å². The first-order valence-electron chi connectivity index (χ1n) is 8.87. The predicted octanol–water partition coefficient (Wildman–Crippen LogP) is 4.02. The average molecular weight is 373 g/mol. The molecule has 0 aliphatic carbocycles. The third-order valence-corrected chi connectivity index (χ3v) is 4.49. The Bertz CT molecular complexity index is 819. The number of rotatable bonds is 5. The fourth-order valence-corrected chi connectivity index (χ4v) is 3.15. The summed E-state index contributed by atoms with van der Waals surface area (Å²) < 4.78 is 30.0. The van der Waals surface area contributed by atoms with Gasteiger partial charge in [0.1, 0.15) is 28.7 Å². The lowest BCUT2D eigenvalue weighted by molar-refractivity contribution is -0.128. The highest BCUT2D eigenvalue weighted by molar-refractivity contribution is 5.81. The molecular weight excluding hydrogens is 349 g/mol. The molecule has 0 bridgehead atoms. The molecule has 0 saturated heterocycles. The van der Waals surface area contributed by atoms with Crippen molar-refractivity contribution in [2.24, 2.45) is 0 Å². The van der Waals surface area contributed by atoms with Crippen LogP contribution in [0.15, 0.2) is 42.5 Å². The molecule has 0 aromatic heterocycles. The highest BCUT2D eigenvalue weighted by atomic mass is 19.1. The first-order valence-corrected chi connectivity index (χ1v) is 8.87. The molecular formula is C21H24FNO4. The first-order chi connectivity index (χ1) is 12.8. The molecule has 1 heterocycles. The summed E-state index contributed by atoms with van der Waals surface area (Å²) >= 11 is 0. The van der Waals surface area contributed by atoms with Gasteiger partial charge in [0, 0.05) is 12.0 Å². The van der Waals surface area contributed by atoms with Gasteiger partial charge in [0.2, 0.25) is 0 Å². The Morgan fingerprint density at radius 2 is 1.89 bits per heavy atom. The van der Waals surface area contributed by atoms with Crippen LogP contribution in [0.1, 0.15) is 38.8 Å². The molecule has 0 spiro atoms. The number of halogens is 1. The molecule has 0 saturated carbocycles. The first kappa shape index (κ1) is 19.0. The highest BCUT2D eigenvalue weighted by Crippen LogP contribution is 2.41. The number of carbonyl (C=O) groups excluding carboxylic acids is 1. The lowest BCUT2D eigenvalue weighted by atomic mass is 9.89. The van der Waals surface area contributed by atoms with E-state index in [2.05, 4.69) is 5.32 Å². The topological polar surface area (TPSA) is 56.8 Å². The highest BCUT2D eigenvalue weighted by Gasteiger charge is 2.35. The zero-order valence-corrected chi connectivity index (χ0v) is 15.9. The minimum Gasteiger partial charge on any atom is -0.497 e. The van der Waals surface area contributed by atoms with E-state index in [4.69, 9.17) is 14.2 Å². The average Bonchev–Trinajstić information content (AvgIpc) is 2.62. The van der Waals surface area contributed by atoms with Gasteiger partial charge in [-0.05, 0) is 63.2 Å². The van der Waals surface area contributed by atoms with Crippen molar-refractivity contribution in [2.75, 3.05) is 7.11 Å². The van der Waals surface area contributed by atoms with Crippen molar-refractivity contribution < 1.29 is 23.4 Å². The number of benzene rings is 2. The number of amides is 1. The van der Waals surface area contributed by atoms with E-state index < -0.39 is 11.7 Å². The van der Waals surface area contributed by atoms with Crippen LogP contribution in [0, 0.1) is 5.82 Å². The van der Waals surface area contributed by atoms with Gasteiger partial charge in [0.05, 0.1) is 13.2 Å². The molecule has 0 unspecified atom stereocenters. The minimum absolute atomic E-state index is 0.231. The van der Waals surface area contributed by atoms with Gasteiger partial charge in [-0.15, -0.1) is 0 Å². The normalized spacial score (nSPS) is 18.6. The number of nitrogens with one attached hydrogen (secondary N) is 1. The fraction of sp³-hybridized carbons (Fsp3) is 0.381. The lowest BCUT2D eigenvalue weighted by Crippen LogP contribution is -2.44. The van der Waals surface area contributed by atoms with E-state index in [-0.39, 0.29) is 17.8 Å². The molecule has 27 heavy (non-hydrogen) atoms.